The van der Waals surface area contributed by atoms with Crippen molar-refractivity contribution in [1.29, 1.82) is 0 Å². The van der Waals surface area contributed by atoms with Crippen molar-refractivity contribution in [3.8, 4) is 0 Å². The fraction of sp³-hybridized carbons (Fsp3) is 0.900. The summed E-state index contributed by atoms with van der Waals surface area (Å²) in [6.07, 6.45) is 3.33. The standard InChI is InChI=1S/C10H20N2OS/c1-2-11-10(14)12-6-3-4-9(8-12)5-7-13/h9,13H,2-8H2,1H3,(H,11,14). The van der Waals surface area contributed by atoms with Gasteiger partial charge in [-0.25, -0.2) is 0 Å². The highest BCUT2D eigenvalue weighted by atomic mass is 32.1. The first-order valence-electron chi connectivity index (χ1n) is 5.41. The molecule has 1 heterocycles. The average Bonchev–Trinajstić information content (AvgIpc) is 2.19. The number of thiocarbonyl (C=S) groups is 1. The van der Waals surface area contributed by atoms with Gasteiger partial charge in [0.2, 0.25) is 0 Å². The van der Waals surface area contributed by atoms with E-state index >= 15 is 0 Å². The summed E-state index contributed by atoms with van der Waals surface area (Å²) in [7, 11) is 0. The summed E-state index contributed by atoms with van der Waals surface area (Å²) in [6, 6.07) is 0. The van der Waals surface area contributed by atoms with Crippen LogP contribution in [0.15, 0.2) is 0 Å². The van der Waals surface area contributed by atoms with Crippen molar-refractivity contribution in [1.82, 2.24) is 10.2 Å². The molecule has 0 spiro atoms. The first-order valence-corrected chi connectivity index (χ1v) is 5.82. The topological polar surface area (TPSA) is 35.5 Å². The van der Waals surface area contributed by atoms with E-state index in [1.165, 1.54) is 12.8 Å². The molecule has 0 aromatic heterocycles. The molecule has 2 N–H and O–H groups in total. The van der Waals surface area contributed by atoms with E-state index in [9.17, 15) is 0 Å². The quantitative estimate of drug-likeness (QED) is 0.689. The van der Waals surface area contributed by atoms with E-state index in [-0.39, 0.29) is 0 Å². The molecule has 1 saturated heterocycles. The molecule has 1 atom stereocenters. The third-order valence-electron chi connectivity index (χ3n) is 2.67. The highest BCUT2D eigenvalue weighted by molar-refractivity contribution is 7.80. The van der Waals surface area contributed by atoms with Crippen LogP contribution in [0.5, 0.6) is 0 Å². The minimum Gasteiger partial charge on any atom is -0.396 e. The van der Waals surface area contributed by atoms with E-state index in [2.05, 4.69) is 17.1 Å². The maximum atomic E-state index is 8.88. The van der Waals surface area contributed by atoms with Gasteiger partial charge in [0.05, 0.1) is 0 Å². The second-order valence-electron chi connectivity index (χ2n) is 3.80. The van der Waals surface area contributed by atoms with Crippen molar-refractivity contribution < 1.29 is 5.11 Å². The van der Waals surface area contributed by atoms with Gasteiger partial charge >= 0.3 is 0 Å². The van der Waals surface area contributed by atoms with E-state index < -0.39 is 0 Å². The van der Waals surface area contributed by atoms with Crippen LogP contribution in [-0.4, -0.2) is 41.4 Å². The maximum absolute atomic E-state index is 8.88. The molecule has 0 aromatic carbocycles. The number of hydrogen-bond acceptors (Lipinski definition) is 2. The predicted molar refractivity (Wildman–Crippen MR) is 62.3 cm³/mol. The summed E-state index contributed by atoms with van der Waals surface area (Å²) in [6.45, 7) is 5.31. The predicted octanol–water partition coefficient (Wildman–Crippen LogP) is 0.975. The Balaban J connectivity index is 2.35. The van der Waals surface area contributed by atoms with E-state index in [4.69, 9.17) is 17.3 Å². The van der Waals surface area contributed by atoms with Gasteiger partial charge in [-0.15, -0.1) is 0 Å². The second kappa shape index (κ2) is 6.19. The minimum atomic E-state index is 0.298. The highest BCUT2D eigenvalue weighted by Crippen LogP contribution is 2.19. The van der Waals surface area contributed by atoms with Gasteiger partial charge in [0, 0.05) is 26.2 Å². The van der Waals surface area contributed by atoms with Gasteiger partial charge < -0.3 is 15.3 Å². The van der Waals surface area contributed by atoms with Gasteiger partial charge in [-0.05, 0) is 44.3 Å². The third kappa shape index (κ3) is 3.42. The van der Waals surface area contributed by atoms with E-state index in [1.807, 2.05) is 0 Å². The SMILES string of the molecule is CCNC(=S)N1CCCC(CCO)C1. The van der Waals surface area contributed by atoms with Crippen LogP contribution < -0.4 is 5.32 Å². The molecular weight excluding hydrogens is 196 g/mol. The van der Waals surface area contributed by atoms with Gasteiger partial charge in [-0.3, -0.25) is 0 Å². The zero-order valence-corrected chi connectivity index (χ0v) is 9.65. The molecule has 1 aliphatic heterocycles. The van der Waals surface area contributed by atoms with Crippen LogP contribution in [-0.2, 0) is 0 Å². The first-order chi connectivity index (χ1) is 6.77. The molecule has 82 valence electrons. The summed E-state index contributed by atoms with van der Waals surface area (Å²) in [5, 5.41) is 12.9. The Bertz CT molecular complexity index is 185. The molecule has 0 radical (unpaired) electrons. The summed E-state index contributed by atoms with van der Waals surface area (Å²) < 4.78 is 0. The number of hydrogen-bond donors (Lipinski definition) is 2. The smallest absolute Gasteiger partial charge is 0.168 e. The third-order valence-corrected chi connectivity index (χ3v) is 3.07. The van der Waals surface area contributed by atoms with Crippen LogP contribution in [0.4, 0.5) is 0 Å². The van der Waals surface area contributed by atoms with E-state index in [0.717, 1.165) is 31.2 Å². The number of nitrogens with zero attached hydrogens (tertiary/aromatic N) is 1. The molecule has 0 aliphatic carbocycles. The molecule has 14 heavy (non-hydrogen) atoms. The molecule has 0 aromatic rings. The van der Waals surface area contributed by atoms with E-state index in [0.29, 0.717) is 12.5 Å². The van der Waals surface area contributed by atoms with Crippen molar-refractivity contribution in [2.75, 3.05) is 26.2 Å². The Kier molecular flexibility index (Phi) is 5.19. The maximum Gasteiger partial charge on any atom is 0.168 e. The van der Waals surface area contributed by atoms with Gasteiger partial charge in [0.25, 0.3) is 0 Å². The first kappa shape index (κ1) is 11.7. The van der Waals surface area contributed by atoms with E-state index in [1.54, 1.807) is 0 Å². The fourth-order valence-electron chi connectivity index (χ4n) is 1.93. The number of nitrogens with one attached hydrogen (secondary N) is 1. The lowest BCUT2D eigenvalue weighted by Gasteiger charge is -2.34. The average molecular weight is 216 g/mol. The Morgan fingerprint density at radius 3 is 3.07 bits per heavy atom. The normalized spacial score (nSPS) is 22.1. The number of rotatable bonds is 3. The molecule has 1 aliphatic rings. The molecule has 0 saturated carbocycles. The Hall–Kier alpha value is -0.350. The fourth-order valence-corrected chi connectivity index (χ4v) is 2.24. The van der Waals surface area contributed by atoms with Crippen molar-refractivity contribution in [3.63, 3.8) is 0 Å². The molecule has 3 nitrogen and oxygen atoms in total. The van der Waals surface area contributed by atoms with Crippen molar-refractivity contribution in [2.45, 2.75) is 26.2 Å². The van der Waals surface area contributed by atoms with Gasteiger partial charge in [0.15, 0.2) is 5.11 Å². The molecule has 0 bridgehead atoms. The Labute approximate surface area is 91.5 Å². The van der Waals surface area contributed by atoms with Crippen LogP contribution in [0.1, 0.15) is 26.2 Å². The lowest BCUT2D eigenvalue weighted by molar-refractivity contribution is 0.197. The van der Waals surface area contributed by atoms with Crippen LogP contribution >= 0.6 is 12.2 Å². The number of aliphatic hydroxyl groups excluding tert-OH is 1. The Morgan fingerprint density at radius 2 is 2.43 bits per heavy atom. The minimum absolute atomic E-state index is 0.298. The van der Waals surface area contributed by atoms with Crippen molar-refractivity contribution in [2.24, 2.45) is 5.92 Å². The van der Waals surface area contributed by atoms with Crippen molar-refractivity contribution >= 4 is 17.3 Å². The number of aliphatic hydroxyl groups is 1. The zero-order chi connectivity index (χ0) is 10.4. The summed E-state index contributed by atoms with van der Waals surface area (Å²) in [5.41, 5.74) is 0. The molecule has 1 fully saturated rings. The van der Waals surface area contributed by atoms with Crippen LogP contribution in [0.3, 0.4) is 0 Å². The lowest BCUT2D eigenvalue weighted by Crippen LogP contribution is -2.45. The largest absolute Gasteiger partial charge is 0.396 e. The monoisotopic (exact) mass is 216 g/mol. The number of likely N-dealkylation sites (tertiary alicyclic amines) is 1. The lowest BCUT2D eigenvalue weighted by atomic mass is 9.95. The summed E-state index contributed by atoms with van der Waals surface area (Å²) in [4.78, 5) is 2.22. The van der Waals surface area contributed by atoms with Gasteiger partial charge in [0.1, 0.15) is 0 Å². The van der Waals surface area contributed by atoms with Crippen LogP contribution in [0, 0.1) is 5.92 Å². The number of piperidine rings is 1. The zero-order valence-electron chi connectivity index (χ0n) is 8.83. The van der Waals surface area contributed by atoms with Crippen molar-refractivity contribution in [3.05, 3.63) is 0 Å². The highest BCUT2D eigenvalue weighted by Gasteiger charge is 2.20. The molecule has 1 unspecified atom stereocenters. The summed E-state index contributed by atoms with van der Waals surface area (Å²) in [5.74, 6) is 0.616. The Morgan fingerprint density at radius 1 is 1.64 bits per heavy atom. The second-order valence-corrected chi connectivity index (χ2v) is 4.19. The van der Waals surface area contributed by atoms with Gasteiger partial charge in [-0.1, -0.05) is 0 Å². The molecular formula is C10H20N2OS. The molecule has 1 rings (SSSR count). The molecule has 0 amide bonds. The van der Waals surface area contributed by atoms with Crippen LogP contribution in [0.2, 0.25) is 0 Å². The van der Waals surface area contributed by atoms with Gasteiger partial charge in [-0.2, -0.15) is 0 Å². The molecule has 4 heteroatoms. The van der Waals surface area contributed by atoms with Crippen LogP contribution in [0.25, 0.3) is 0 Å². The summed E-state index contributed by atoms with van der Waals surface area (Å²) >= 11 is 5.26.